The Morgan fingerprint density at radius 2 is 1.95 bits per heavy atom. The molecule has 1 aliphatic heterocycles. The summed E-state index contributed by atoms with van der Waals surface area (Å²) in [6, 6.07) is 3.85. The molecule has 2 aromatic rings. The van der Waals surface area contributed by atoms with Crippen LogP contribution in [0.2, 0.25) is 0 Å². The summed E-state index contributed by atoms with van der Waals surface area (Å²) in [6.45, 7) is 4.91. The smallest absolute Gasteiger partial charge is 0.163 e. The van der Waals surface area contributed by atoms with Crippen molar-refractivity contribution < 1.29 is 9.47 Å². The largest absolute Gasteiger partial charge is 0.486 e. The van der Waals surface area contributed by atoms with E-state index in [0.29, 0.717) is 13.2 Å². The molecule has 1 aromatic heterocycles. The van der Waals surface area contributed by atoms with E-state index in [1.807, 2.05) is 19.1 Å². The van der Waals surface area contributed by atoms with Crippen LogP contribution in [0.15, 0.2) is 12.1 Å². The van der Waals surface area contributed by atoms with Crippen molar-refractivity contribution in [1.82, 2.24) is 14.5 Å². The zero-order valence-corrected chi connectivity index (χ0v) is 12.8. The summed E-state index contributed by atoms with van der Waals surface area (Å²) < 4.78 is 13.5. The average molecular weight is 290 g/mol. The molecule has 0 radical (unpaired) electrons. The van der Waals surface area contributed by atoms with Crippen LogP contribution in [-0.2, 0) is 6.54 Å². The van der Waals surface area contributed by atoms with Crippen molar-refractivity contribution in [2.45, 2.75) is 19.5 Å². The molecule has 0 saturated carbocycles. The summed E-state index contributed by atoms with van der Waals surface area (Å²) >= 11 is 0. The number of hydrogen-bond acceptors (Lipinski definition) is 5. The molecule has 1 aliphatic rings. The lowest BCUT2D eigenvalue weighted by Crippen LogP contribution is -2.21. The van der Waals surface area contributed by atoms with Gasteiger partial charge < -0.3 is 24.7 Å². The Hall–Kier alpha value is -1.79. The van der Waals surface area contributed by atoms with Crippen LogP contribution in [0.5, 0.6) is 11.5 Å². The van der Waals surface area contributed by atoms with E-state index < -0.39 is 0 Å². The first-order valence-electron chi connectivity index (χ1n) is 7.26. The number of fused-ring (bicyclic) bond motifs is 2. The monoisotopic (exact) mass is 290 g/mol. The Morgan fingerprint density at radius 1 is 1.29 bits per heavy atom. The van der Waals surface area contributed by atoms with Gasteiger partial charge in [0, 0.05) is 25.2 Å². The highest BCUT2D eigenvalue weighted by Gasteiger charge is 2.19. The predicted octanol–water partition coefficient (Wildman–Crippen LogP) is 1.39. The molecule has 2 N–H and O–H groups in total. The Bertz CT molecular complexity index is 649. The minimum Gasteiger partial charge on any atom is -0.486 e. The van der Waals surface area contributed by atoms with Crippen molar-refractivity contribution in [3.8, 4) is 11.5 Å². The minimum atomic E-state index is -0.113. The highest BCUT2D eigenvalue weighted by atomic mass is 16.6. The van der Waals surface area contributed by atoms with Gasteiger partial charge in [0.15, 0.2) is 11.5 Å². The Labute approximate surface area is 124 Å². The second kappa shape index (κ2) is 5.54. The number of nitrogens with two attached hydrogens (primary N) is 1. The third-order valence-electron chi connectivity index (χ3n) is 3.62. The van der Waals surface area contributed by atoms with Gasteiger partial charge in [0.2, 0.25) is 0 Å². The highest BCUT2D eigenvalue weighted by Crippen LogP contribution is 2.35. The zero-order chi connectivity index (χ0) is 15.0. The number of benzene rings is 1. The highest BCUT2D eigenvalue weighted by molar-refractivity contribution is 5.81. The number of hydrogen-bond donors (Lipinski definition) is 1. The number of nitrogens with zero attached hydrogens (tertiary/aromatic N) is 3. The van der Waals surface area contributed by atoms with Crippen LogP contribution in [0.25, 0.3) is 11.0 Å². The summed E-state index contributed by atoms with van der Waals surface area (Å²) in [6.07, 6.45) is 0. The lowest BCUT2D eigenvalue weighted by atomic mass is 10.2. The summed E-state index contributed by atoms with van der Waals surface area (Å²) in [5.74, 6) is 2.45. The fraction of sp³-hybridized carbons (Fsp3) is 0.533. The van der Waals surface area contributed by atoms with Gasteiger partial charge in [-0.1, -0.05) is 0 Å². The molecular weight excluding hydrogens is 268 g/mol. The number of ether oxygens (including phenoxy) is 2. The predicted molar refractivity (Wildman–Crippen MR) is 81.9 cm³/mol. The van der Waals surface area contributed by atoms with E-state index in [0.717, 1.165) is 41.4 Å². The van der Waals surface area contributed by atoms with Crippen LogP contribution < -0.4 is 15.2 Å². The van der Waals surface area contributed by atoms with E-state index in [1.165, 1.54) is 0 Å². The molecule has 0 fully saturated rings. The van der Waals surface area contributed by atoms with Gasteiger partial charge in [-0.25, -0.2) is 4.98 Å². The lowest BCUT2D eigenvalue weighted by Gasteiger charge is -2.19. The number of aromatic nitrogens is 2. The zero-order valence-electron chi connectivity index (χ0n) is 12.8. The molecule has 21 heavy (non-hydrogen) atoms. The van der Waals surface area contributed by atoms with Crippen molar-refractivity contribution in [3.63, 3.8) is 0 Å². The Morgan fingerprint density at radius 3 is 2.57 bits per heavy atom. The van der Waals surface area contributed by atoms with E-state index in [9.17, 15) is 0 Å². The molecule has 0 amide bonds. The summed E-state index contributed by atoms with van der Waals surface area (Å²) in [4.78, 5) is 6.83. The van der Waals surface area contributed by atoms with Crippen molar-refractivity contribution in [3.05, 3.63) is 18.0 Å². The lowest BCUT2D eigenvalue weighted by molar-refractivity contribution is 0.172. The summed E-state index contributed by atoms with van der Waals surface area (Å²) in [5, 5.41) is 0. The first-order valence-corrected chi connectivity index (χ1v) is 7.26. The molecule has 0 aliphatic carbocycles. The van der Waals surface area contributed by atoms with E-state index in [-0.39, 0.29) is 6.04 Å². The van der Waals surface area contributed by atoms with E-state index >= 15 is 0 Å². The maximum absolute atomic E-state index is 6.08. The second-order valence-corrected chi connectivity index (χ2v) is 5.70. The van der Waals surface area contributed by atoms with E-state index in [2.05, 4.69) is 28.5 Å². The van der Waals surface area contributed by atoms with Gasteiger partial charge in [-0.15, -0.1) is 0 Å². The molecule has 0 bridgehead atoms. The quantitative estimate of drug-likeness (QED) is 0.921. The van der Waals surface area contributed by atoms with Gasteiger partial charge in [0.25, 0.3) is 0 Å². The van der Waals surface area contributed by atoms with Crippen LogP contribution in [0.1, 0.15) is 18.8 Å². The molecule has 1 unspecified atom stereocenters. The SMILES string of the molecule is CC(N)c1nc2cc3c(cc2n1CCN(C)C)OCCO3. The van der Waals surface area contributed by atoms with Crippen molar-refractivity contribution >= 4 is 11.0 Å². The van der Waals surface area contributed by atoms with Gasteiger partial charge in [-0.2, -0.15) is 0 Å². The van der Waals surface area contributed by atoms with Crippen molar-refractivity contribution in [2.75, 3.05) is 33.9 Å². The fourth-order valence-corrected chi connectivity index (χ4v) is 2.56. The fourth-order valence-electron chi connectivity index (χ4n) is 2.56. The Balaban J connectivity index is 2.09. The number of imidazole rings is 1. The second-order valence-electron chi connectivity index (χ2n) is 5.70. The maximum atomic E-state index is 6.08. The molecule has 114 valence electrons. The van der Waals surface area contributed by atoms with E-state index in [1.54, 1.807) is 0 Å². The molecule has 0 spiro atoms. The molecular formula is C15H22N4O2. The summed E-state index contributed by atoms with van der Waals surface area (Å²) in [5.41, 5.74) is 8.04. The van der Waals surface area contributed by atoms with Crippen LogP contribution in [-0.4, -0.2) is 48.3 Å². The summed E-state index contributed by atoms with van der Waals surface area (Å²) in [7, 11) is 4.12. The van der Waals surface area contributed by atoms with Gasteiger partial charge in [-0.05, 0) is 21.0 Å². The molecule has 1 atom stereocenters. The Kier molecular flexibility index (Phi) is 3.73. The standard InChI is InChI=1S/C15H22N4O2/c1-10(16)15-17-11-8-13-14(21-7-6-20-13)9-12(11)19(15)5-4-18(2)3/h8-10H,4-7,16H2,1-3H3. The maximum Gasteiger partial charge on any atom is 0.163 e. The van der Waals surface area contributed by atoms with Crippen LogP contribution in [0.3, 0.4) is 0 Å². The molecule has 2 heterocycles. The molecule has 6 nitrogen and oxygen atoms in total. The third kappa shape index (κ3) is 2.69. The third-order valence-corrected chi connectivity index (χ3v) is 3.62. The van der Waals surface area contributed by atoms with Gasteiger partial charge in [-0.3, -0.25) is 0 Å². The first-order chi connectivity index (χ1) is 10.1. The van der Waals surface area contributed by atoms with Crippen LogP contribution in [0, 0.1) is 0 Å². The topological polar surface area (TPSA) is 65.5 Å². The van der Waals surface area contributed by atoms with E-state index in [4.69, 9.17) is 15.2 Å². The van der Waals surface area contributed by atoms with Gasteiger partial charge in [0.1, 0.15) is 19.0 Å². The number of rotatable bonds is 4. The normalized spacial score (nSPS) is 15.7. The average Bonchev–Trinajstić information content (AvgIpc) is 2.80. The van der Waals surface area contributed by atoms with Crippen LogP contribution in [0.4, 0.5) is 0 Å². The van der Waals surface area contributed by atoms with Crippen molar-refractivity contribution in [1.29, 1.82) is 0 Å². The van der Waals surface area contributed by atoms with Crippen molar-refractivity contribution in [2.24, 2.45) is 5.73 Å². The molecule has 3 rings (SSSR count). The molecule has 0 saturated heterocycles. The number of likely N-dealkylation sites (N-methyl/N-ethyl adjacent to an activating group) is 1. The molecule has 6 heteroatoms. The van der Waals surface area contributed by atoms with Crippen LogP contribution >= 0.6 is 0 Å². The molecule has 1 aromatic carbocycles. The first kappa shape index (κ1) is 14.2. The van der Waals surface area contributed by atoms with Gasteiger partial charge in [0.05, 0.1) is 17.1 Å². The van der Waals surface area contributed by atoms with Gasteiger partial charge >= 0.3 is 0 Å². The minimum absolute atomic E-state index is 0.113.